The predicted octanol–water partition coefficient (Wildman–Crippen LogP) is 2.28. The van der Waals surface area contributed by atoms with Gasteiger partial charge in [0.1, 0.15) is 18.0 Å². The van der Waals surface area contributed by atoms with E-state index < -0.39 is 0 Å². The molecule has 1 atom stereocenters. The van der Waals surface area contributed by atoms with Crippen molar-refractivity contribution in [3.8, 4) is 0 Å². The van der Waals surface area contributed by atoms with Crippen LogP contribution >= 0.6 is 11.8 Å². The SMILES string of the molecule is CC(C)(C)C1CN(c2cc(N3CCSCC3)ncn2)CCO1. The third-order valence-corrected chi connectivity index (χ3v) is 5.27. The zero-order valence-corrected chi connectivity index (χ0v) is 14.6. The van der Waals surface area contributed by atoms with E-state index in [2.05, 4.69) is 46.6 Å². The van der Waals surface area contributed by atoms with E-state index >= 15 is 0 Å². The number of morpholine rings is 1. The van der Waals surface area contributed by atoms with Gasteiger partial charge in [-0.1, -0.05) is 20.8 Å². The molecule has 2 aliphatic heterocycles. The first kappa shape index (κ1) is 15.9. The van der Waals surface area contributed by atoms with E-state index in [9.17, 15) is 0 Å². The van der Waals surface area contributed by atoms with Crippen molar-refractivity contribution >= 4 is 23.4 Å². The van der Waals surface area contributed by atoms with Crippen LogP contribution in [0.3, 0.4) is 0 Å². The van der Waals surface area contributed by atoms with Gasteiger partial charge in [-0.05, 0) is 5.41 Å². The van der Waals surface area contributed by atoms with Gasteiger partial charge in [0.15, 0.2) is 0 Å². The van der Waals surface area contributed by atoms with Gasteiger partial charge in [-0.3, -0.25) is 0 Å². The van der Waals surface area contributed by atoms with Crippen molar-refractivity contribution in [3.63, 3.8) is 0 Å². The Labute approximate surface area is 137 Å². The van der Waals surface area contributed by atoms with Crippen LogP contribution in [0.4, 0.5) is 11.6 Å². The van der Waals surface area contributed by atoms with Crippen LogP contribution in [0.15, 0.2) is 12.4 Å². The van der Waals surface area contributed by atoms with Crippen molar-refractivity contribution in [1.29, 1.82) is 0 Å². The first-order valence-electron chi connectivity index (χ1n) is 8.05. The van der Waals surface area contributed by atoms with Gasteiger partial charge >= 0.3 is 0 Å². The van der Waals surface area contributed by atoms with Crippen LogP contribution in [0, 0.1) is 5.41 Å². The van der Waals surface area contributed by atoms with Crippen molar-refractivity contribution in [2.45, 2.75) is 26.9 Å². The molecule has 2 fully saturated rings. The normalized spacial score (nSPS) is 23.7. The summed E-state index contributed by atoms with van der Waals surface area (Å²) in [5.41, 5.74) is 0.151. The summed E-state index contributed by atoms with van der Waals surface area (Å²) in [7, 11) is 0. The molecule has 0 aromatic carbocycles. The van der Waals surface area contributed by atoms with Gasteiger partial charge in [-0.25, -0.2) is 9.97 Å². The Kier molecular flexibility index (Phi) is 4.78. The first-order valence-corrected chi connectivity index (χ1v) is 9.21. The Bertz CT molecular complexity index is 499. The molecule has 6 heteroatoms. The lowest BCUT2D eigenvalue weighted by atomic mass is 9.88. The van der Waals surface area contributed by atoms with Crippen molar-refractivity contribution in [2.24, 2.45) is 5.41 Å². The lowest BCUT2D eigenvalue weighted by Gasteiger charge is -2.40. The van der Waals surface area contributed by atoms with E-state index in [0.29, 0.717) is 0 Å². The van der Waals surface area contributed by atoms with E-state index in [0.717, 1.165) is 44.4 Å². The average molecular weight is 322 g/mol. The number of ether oxygens (including phenoxy) is 1. The van der Waals surface area contributed by atoms with Crippen LogP contribution in [0.5, 0.6) is 0 Å². The summed E-state index contributed by atoms with van der Waals surface area (Å²) in [6, 6.07) is 2.14. The molecule has 3 heterocycles. The van der Waals surface area contributed by atoms with Crippen LogP contribution in [-0.4, -0.2) is 60.4 Å². The van der Waals surface area contributed by atoms with Gasteiger partial charge in [0, 0.05) is 43.8 Å². The van der Waals surface area contributed by atoms with Gasteiger partial charge in [0.2, 0.25) is 0 Å². The molecule has 0 saturated carbocycles. The highest BCUT2D eigenvalue weighted by Gasteiger charge is 2.31. The average Bonchev–Trinajstić information content (AvgIpc) is 2.55. The fraction of sp³-hybridized carbons (Fsp3) is 0.750. The summed E-state index contributed by atoms with van der Waals surface area (Å²) in [5.74, 6) is 4.45. The second kappa shape index (κ2) is 6.62. The standard InChI is InChI=1S/C16H26N4OS/c1-16(2,3)13-11-20(4-7-21-13)15-10-14(17-12-18-15)19-5-8-22-9-6-19/h10,12-13H,4-9,11H2,1-3H3. The smallest absolute Gasteiger partial charge is 0.134 e. The monoisotopic (exact) mass is 322 g/mol. The summed E-state index contributed by atoms with van der Waals surface area (Å²) in [4.78, 5) is 13.7. The molecule has 22 heavy (non-hydrogen) atoms. The van der Waals surface area contributed by atoms with Crippen molar-refractivity contribution in [1.82, 2.24) is 9.97 Å². The minimum atomic E-state index is 0.151. The number of rotatable bonds is 2. The van der Waals surface area contributed by atoms with Crippen LogP contribution in [0.25, 0.3) is 0 Å². The second-order valence-electron chi connectivity index (χ2n) is 7.01. The summed E-state index contributed by atoms with van der Waals surface area (Å²) < 4.78 is 5.94. The Morgan fingerprint density at radius 2 is 1.77 bits per heavy atom. The van der Waals surface area contributed by atoms with E-state index in [1.165, 1.54) is 11.5 Å². The Morgan fingerprint density at radius 1 is 1.09 bits per heavy atom. The largest absolute Gasteiger partial charge is 0.374 e. The van der Waals surface area contributed by atoms with E-state index in [1.54, 1.807) is 6.33 Å². The molecule has 2 aliphatic rings. The quantitative estimate of drug-likeness (QED) is 0.832. The third kappa shape index (κ3) is 3.66. The Hall–Kier alpha value is -1.01. The van der Waals surface area contributed by atoms with E-state index in [-0.39, 0.29) is 11.5 Å². The number of thioether (sulfide) groups is 1. The second-order valence-corrected chi connectivity index (χ2v) is 8.23. The topological polar surface area (TPSA) is 41.5 Å². The maximum atomic E-state index is 5.94. The fourth-order valence-electron chi connectivity index (χ4n) is 2.86. The zero-order valence-electron chi connectivity index (χ0n) is 13.8. The predicted molar refractivity (Wildman–Crippen MR) is 93.0 cm³/mol. The summed E-state index contributed by atoms with van der Waals surface area (Å²) in [6.45, 7) is 11.4. The molecule has 122 valence electrons. The zero-order chi connectivity index (χ0) is 15.6. The first-order chi connectivity index (χ1) is 10.5. The highest BCUT2D eigenvalue weighted by atomic mass is 32.2. The molecular weight excluding hydrogens is 296 g/mol. The third-order valence-electron chi connectivity index (χ3n) is 4.33. The molecule has 2 saturated heterocycles. The Balaban J connectivity index is 1.74. The fourth-order valence-corrected chi connectivity index (χ4v) is 3.76. The van der Waals surface area contributed by atoms with Crippen LogP contribution in [0.1, 0.15) is 20.8 Å². The van der Waals surface area contributed by atoms with E-state index in [1.807, 2.05) is 11.8 Å². The minimum Gasteiger partial charge on any atom is -0.374 e. The maximum Gasteiger partial charge on any atom is 0.134 e. The van der Waals surface area contributed by atoms with Crippen LogP contribution < -0.4 is 9.80 Å². The molecule has 0 radical (unpaired) electrons. The van der Waals surface area contributed by atoms with Crippen molar-refractivity contribution < 1.29 is 4.74 Å². The number of hydrogen-bond donors (Lipinski definition) is 0. The molecule has 0 N–H and O–H groups in total. The molecule has 1 unspecified atom stereocenters. The molecule has 0 aliphatic carbocycles. The van der Waals surface area contributed by atoms with Crippen molar-refractivity contribution in [3.05, 3.63) is 12.4 Å². The number of nitrogens with zero attached hydrogens (tertiary/aromatic N) is 4. The van der Waals surface area contributed by atoms with Gasteiger partial charge in [0.25, 0.3) is 0 Å². The molecule has 3 rings (SSSR count). The van der Waals surface area contributed by atoms with Crippen LogP contribution in [-0.2, 0) is 4.74 Å². The van der Waals surface area contributed by atoms with Gasteiger partial charge in [0.05, 0.1) is 12.7 Å². The number of aromatic nitrogens is 2. The molecule has 0 amide bonds. The number of hydrogen-bond acceptors (Lipinski definition) is 6. The van der Waals surface area contributed by atoms with Crippen molar-refractivity contribution in [2.75, 3.05) is 54.1 Å². The molecule has 1 aromatic heterocycles. The lowest BCUT2D eigenvalue weighted by molar-refractivity contribution is -0.0267. The summed E-state index contributed by atoms with van der Waals surface area (Å²) in [6.07, 6.45) is 1.94. The maximum absolute atomic E-state index is 5.94. The molecular formula is C16H26N4OS. The molecule has 5 nitrogen and oxygen atoms in total. The van der Waals surface area contributed by atoms with E-state index in [4.69, 9.17) is 4.74 Å². The molecule has 1 aromatic rings. The van der Waals surface area contributed by atoms with Gasteiger partial charge in [-0.2, -0.15) is 11.8 Å². The lowest BCUT2D eigenvalue weighted by Crippen LogP contribution is -2.48. The van der Waals surface area contributed by atoms with Gasteiger partial charge in [-0.15, -0.1) is 0 Å². The highest BCUT2D eigenvalue weighted by Crippen LogP contribution is 2.28. The summed E-state index contributed by atoms with van der Waals surface area (Å²) >= 11 is 2.02. The molecule has 0 spiro atoms. The minimum absolute atomic E-state index is 0.151. The Morgan fingerprint density at radius 3 is 2.45 bits per heavy atom. The molecule has 0 bridgehead atoms. The van der Waals surface area contributed by atoms with Crippen LogP contribution in [0.2, 0.25) is 0 Å². The van der Waals surface area contributed by atoms with Gasteiger partial charge < -0.3 is 14.5 Å². The highest BCUT2D eigenvalue weighted by molar-refractivity contribution is 7.99. The number of anilines is 2. The summed E-state index contributed by atoms with van der Waals surface area (Å²) in [5, 5.41) is 0.